The Hall–Kier alpha value is -2.49. The second kappa shape index (κ2) is 7.60. The van der Waals surface area contributed by atoms with E-state index >= 15 is 0 Å². The summed E-state index contributed by atoms with van der Waals surface area (Å²) in [5.74, 6) is -0.615. The number of amides is 2. The molecule has 1 aromatic rings. The number of hydrogen-bond donors (Lipinski definition) is 1. The first-order valence-electron chi connectivity index (χ1n) is 7.68. The topological polar surface area (TPSA) is 127 Å². The molecule has 9 nitrogen and oxygen atoms in total. The second-order valence-corrected chi connectivity index (χ2v) is 8.10. The Balaban J connectivity index is 1.80. The predicted octanol–water partition coefficient (Wildman–Crippen LogP) is 0.360. The SMILES string of the molecule is CN(C(=O)CCNC(=O)c1ccc([N+](=O)[O-])cc1)[C@@H]1CCS(=O)(=O)C1. The van der Waals surface area contributed by atoms with Crippen molar-refractivity contribution in [1.82, 2.24) is 10.2 Å². The molecular weight excluding hydrogens is 350 g/mol. The molecule has 2 amide bonds. The smallest absolute Gasteiger partial charge is 0.269 e. The average Bonchev–Trinajstić information content (AvgIpc) is 2.93. The quantitative estimate of drug-likeness (QED) is 0.570. The molecule has 0 spiro atoms. The van der Waals surface area contributed by atoms with Gasteiger partial charge in [0.1, 0.15) is 0 Å². The molecule has 10 heteroatoms. The molecule has 1 saturated heterocycles. The number of benzene rings is 1. The summed E-state index contributed by atoms with van der Waals surface area (Å²) in [6.45, 7) is 0.0957. The minimum absolute atomic E-state index is 0.0234. The highest BCUT2D eigenvalue weighted by atomic mass is 32.2. The molecule has 1 atom stereocenters. The number of nitro benzene ring substituents is 1. The van der Waals surface area contributed by atoms with Crippen molar-refractivity contribution in [3.05, 3.63) is 39.9 Å². The third kappa shape index (κ3) is 4.99. The van der Waals surface area contributed by atoms with Gasteiger partial charge in [-0.3, -0.25) is 19.7 Å². The fraction of sp³-hybridized carbons (Fsp3) is 0.467. The van der Waals surface area contributed by atoms with Gasteiger partial charge in [-0.25, -0.2) is 8.42 Å². The molecule has 0 aliphatic carbocycles. The molecule has 1 aliphatic rings. The zero-order chi connectivity index (χ0) is 18.6. The Morgan fingerprint density at radius 1 is 1.32 bits per heavy atom. The number of nitrogens with one attached hydrogen (secondary N) is 1. The van der Waals surface area contributed by atoms with Crippen LogP contribution < -0.4 is 5.32 Å². The van der Waals surface area contributed by atoms with Crippen LogP contribution in [0.1, 0.15) is 23.2 Å². The largest absolute Gasteiger partial charge is 0.352 e. The summed E-state index contributed by atoms with van der Waals surface area (Å²) in [5.41, 5.74) is 0.146. The van der Waals surface area contributed by atoms with Gasteiger partial charge in [0.05, 0.1) is 16.4 Å². The minimum Gasteiger partial charge on any atom is -0.352 e. The molecule has 136 valence electrons. The van der Waals surface area contributed by atoms with Gasteiger partial charge in [-0.2, -0.15) is 0 Å². The van der Waals surface area contributed by atoms with E-state index < -0.39 is 20.7 Å². The Morgan fingerprint density at radius 3 is 2.48 bits per heavy atom. The monoisotopic (exact) mass is 369 g/mol. The Kier molecular flexibility index (Phi) is 5.73. The number of nitro groups is 1. The average molecular weight is 369 g/mol. The summed E-state index contributed by atoms with van der Waals surface area (Å²) in [5, 5.41) is 13.1. The fourth-order valence-electron chi connectivity index (χ4n) is 2.58. The van der Waals surface area contributed by atoms with Crippen LogP contribution in [0.2, 0.25) is 0 Å². The van der Waals surface area contributed by atoms with Crippen LogP contribution in [-0.4, -0.2) is 61.2 Å². The lowest BCUT2D eigenvalue weighted by Crippen LogP contribution is -2.39. The van der Waals surface area contributed by atoms with E-state index in [1.165, 1.54) is 29.2 Å². The van der Waals surface area contributed by atoms with Crippen molar-refractivity contribution in [2.24, 2.45) is 0 Å². The summed E-state index contributed by atoms with van der Waals surface area (Å²) in [6, 6.07) is 4.82. The zero-order valence-electron chi connectivity index (χ0n) is 13.7. The van der Waals surface area contributed by atoms with Crippen LogP contribution in [0.25, 0.3) is 0 Å². The van der Waals surface area contributed by atoms with E-state index in [0.717, 1.165) is 0 Å². The van der Waals surface area contributed by atoms with Gasteiger partial charge in [0.2, 0.25) is 5.91 Å². The minimum atomic E-state index is -3.07. The van der Waals surface area contributed by atoms with Crippen LogP contribution in [-0.2, 0) is 14.6 Å². The van der Waals surface area contributed by atoms with Crippen molar-refractivity contribution in [3.8, 4) is 0 Å². The van der Waals surface area contributed by atoms with Crippen LogP contribution in [0.3, 0.4) is 0 Å². The lowest BCUT2D eigenvalue weighted by molar-refractivity contribution is -0.384. The maximum atomic E-state index is 12.1. The summed E-state index contributed by atoms with van der Waals surface area (Å²) < 4.78 is 22.9. The number of rotatable bonds is 6. The molecule has 0 unspecified atom stereocenters. The number of sulfone groups is 1. The van der Waals surface area contributed by atoms with E-state index in [1.807, 2.05) is 0 Å². The Bertz CT molecular complexity index is 775. The van der Waals surface area contributed by atoms with Crippen molar-refractivity contribution < 1.29 is 22.9 Å². The molecule has 1 heterocycles. The second-order valence-electron chi connectivity index (χ2n) is 5.87. The van der Waals surface area contributed by atoms with Gasteiger partial charge < -0.3 is 10.2 Å². The number of non-ortho nitro benzene ring substituents is 1. The predicted molar refractivity (Wildman–Crippen MR) is 89.9 cm³/mol. The van der Waals surface area contributed by atoms with E-state index in [-0.39, 0.29) is 47.7 Å². The number of carbonyl (C=O) groups is 2. The lowest BCUT2D eigenvalue weighted by atomic mass is 10.2. The number of nitrogens with zero attached hydrogens (tertiary/aromatic N) is 2. The van der Waals surface area contributed by atoms with Crippen molar-refractivity contribution in [2.45, 2.75) is 18.9 Å². The summed E-state index contributed by atoms with van der Waals surface area (Å²) in [6.07, 6.45) is 0.478. The summed E-state index contributed by atoms with van der Waals surface area (Å²) in [4.78, 5) is 35.4. The van der Waals surface area contributed by atoms with Gasteiger partial charge in [-0.1, -0.05) is 0 Å². The normalized spacial score (nSPS) is 18.5. The summed E-state index contributed by atoms with van der Waals surface area (Å²) >= 11 is 0. The van der Waals surface area contributed by atoms with E-state index in [0.29, 0.717) is 6.42 Å². The van der Waals surface area contributed by atoms with E-state index in [9.17, 15) is 28.1 Å². The molecular formula is C15H19N3O6S. The fourth-order valence-corrected chi connectivity index (χ4v) is 4.35. The van der Waals surface area contributed by atoms with Crippen LogP contribution in [0.4, 0.5) is 5.69 Å². The van der Waals surface area contributed by atoms with Crippen molar-refractivity contribution >= 4 is 27.3 Å². The van der Waals surface area contributed by atoms with E-state index in [4.69, 9.17) is 0 Å². The molecule has 1 fully saturated rings. The standard InChI is InChI=1S/C15H19N3O6S/c1-17(13-7-9-25(23,24)10-13)14(19)6-8-16-15(20)11-2-4-12(5-3-11)18(21)22/h2-5,13H,6-10H2,1H3,(H,16,20)/t13-/m1/s1. The molecule has 1 aliphatic heterocycles. The van der Waals surface area contributed by atoms with E-state index in [1.54, 1.807) is 7.05 Å². The maximum absolute atomic E-state index is 12.1. The van der Waals surface area contributed by atoms with Gasteiger partial charge in [-0.15, -0.1) is 0 Å². The summed E-state index contributed by atoms with van der Waals surface area (Å²) in [7, 11) is -1.50. The molecule has 2 rings (SSSR count). The van der Waals surface area contributed by atoms with Crippen molar-refractivity contribution in [1.29, 1.82) is 0 Å². The van der Waals surface area contributed by atoms with Crippen LogP contribution in [0, 0.1) is 10.1 Å². The highest BCUT2D eigenvalue weighted by Gasteiger charge is 2.32. The molecule has 0 bridgehead atoms. The van der Waals surface area contributed by atoms with Gasteiger partial charge in [0, 0.05) is 43.8 Å². The number of hydrogen-bond acceptors (Lipinski definition) is 6. The van der Waals surface area contributed by atoms with Gasteiger partial charge >= 0.3 is 0 Å². The van der Waals surface area contributed by atoms with Crippen molar-refractivity contribution in [2.75, 3.05) is 25.1 Å². The van der Waals surface area contributed by atoms with Gasteiger partial charge in [0.15, 0.2) is 9.84 Å². The Labute approximate surface area is 145 Å². The van der Waals surface area contributed by atoms with Gasteiger partial charge in [-0.05, 0) is 18.6 Å². The van der Waals surface area contributed by atoms with Crippen molar-refractivity contribution in [3.63, 3.8) is 0 Å². The third-order valence-corrected chi connectivity index (χ3v) is 5.86. The van der Waals surface area contributed by atoms with E-state index in [2.05, 4.69) is 5.32 Å². The van der Waals surface area contributed by atoms with Crippen LogP contribution >= 0.6 is 0 Å². The first-order chi connectivity index (χ1) is 11.7. The van der Waals surface area contributed by atoms with Crippen LogP contribution in [0.5, 0.6) is 0 Å². The Morgan fingerprint density at radius 2 is 1.96 bits per heavy atom. The van der Waals surface area contributed by atoms with Crippen LogP contribution in [0.15, 0.2) is 24.3 Å². The highest BCUT2D eigenvalue weighted by Crippen LogP contribution is 2.17. The molecule has 0 radical (unpaired) electrons. The first-order valence-corrected chi connectivity index (χ1v) is 9.50. The van der Waals surface area contributed by atoms with Gasteiger partial charge in [0.25, 0.3) is 11.6 Å². The maximum Gasteiger partial charge on any atom is 0.269 e. The lowest BCUT2D eigenvalue weighted by Gasteiger charge is -2.23. The molecule has 1 aromatic carbocycles. The molecule has 0 saturated carbocycles. The zero-order valence-corrected chi connectivity index (χ0v) is 14.5. The molecule has 0 aromatic heterocycles. The third-order valence-electron chi connectivity index (χ3n) is 4.11. The molecule has 1 N–H and O–H groups in total. The number of carbonyl (C=O) groups excluding carboxylic acids is 2. The molecule has 25 heavy (non-hydrogen) atoms. The first kappa shape index (κ1) is 18.8. The highest BCUT2D eigenvalue weighted by molar-refractivity contribution is 7.91.